The summed E-state index contributed by atoms with van der Waals surface area (Å²) in [5.41, 5.74) is -1.16. The van der Waals surface area contributed by atoms with E-state index in [1.807, 2.05) is 0 Å². The van der Waals surface area contributed by atoms with Gasteiger partial charge >= 0.3 is 6.09 Å². The molecule has 1 aromatic rings. The SMILES string of the molecule is C[C@H]1CN(C(=O)OC(C)(C)C)CCN1C(=O)c1c(F)ccc(I)c1F. The van der Waals surface area contributed by atoms with Crippen LogP contribution in [0.15, 0.2) is 12.1 Å². The third kappa shape index (κ3) is 4.59. The van der Waals surface area contributed by atoms with E-state index in [0.29, 0.717) is 0 Å². The number of amides is 2. The zero-order chi connectivity index (χ0) is 18.9. The van der Waals surface area contributed by atoms with Crippen molar-refractivity contribution in [2.24, 2.45) is 0 Å². The first-order chi connectivity index (χ1) is 11.5. The van der Waals surface area contributed by atoms with E-state index < -0.39 is 34.8 Å². The number of rotatable bonds is 1. The Kier molecular flexibility index (Phi) is 5.90. The summed E-state index contributed by atoms with van der Waals surface area (Å²) in [6.07, 6.45) is -0.460. The first kappa shape index (κ1) is 19.9. The monoisotopic (exact) mass is 466 g/mol. The zero-order valence-corrected chi connectivity index (χ0v) is 16.8. The molecule has 0 unspecified atom stereocenters. The third-order valence-electron chi connectivity index (χ3n) is 3.80. The molecule has 1 saturated heterocycles. The number of benzene rings is 1. The van der Waals surface area contributed by atoms with Gasteiger partial charge in [0.1, 0.15) is 17.0 Å². The molecule has 0 bridgehead atoms. The van der Waals surface area contributed by atoms with Crippen LogP contribution in [0.2, 0.25) is 0 Å². The Bertz CT molecular complexity index is 691. The van der Waals surface area contributed by atoms with Gasteiger partial charge in [0.15, 0.2) is 5.82 Å². The summed E-state index contributed by atoms with van der Waals surface area (Å²) in [5, 5.41) is 0. The van der Waals surface area contributed by atoms with Gasteiger partial charge in [-0.1, -0.05) is 0 Å². The number of hydrogen-bond donors (Lipinski definition) is 0. The van der Waals surface area contributed by atoms with E-state index in [-0.39, 0.29) is 29.2 Å². The largest absolute Gasteiger partial charge is 0.444 e. The van der Waals surface area contributed by atoms with Crippen molar-refractivity contribution in [2.75, 3.05) is 19.6 Å². The van der Waals surface area contributed by atoms with Gasteiger partial charge in [0, 0.05) is 29.2 Å². The molecule has 1 aromatic carbocycles. The Hall–Kier alpha value is -1.45. The topological polar surface area (TPSA) is 49.9 Å². The Morgan fingerprint density at radius 1 is 1.24 bits per heavy atom. The molecule has 0 aromatic heterocycles. The summed E-state index contributed by atoms with van der Waals surface area (Å²) in [7, 11) is 0. The predicted molar refractivity (Wildman–Crippen MR) is 97.4 cm³/mol. The van der Waals surface area contributed by atoms with E-state index in [1.165, 1.54) is 15.9 Å². The molecular weight excluding hydrogens is 445 g/mol. The van der Waals surface area contributed by atoms with E-state index in [1.54, 1.807) is 50.3 Å². The lowest BCUT2D eigenvalue weighted by molar-refractivity contribution is 0.00596. The summed E-state index contributed by atoms with van der Waals surface area (Å²) < 4.78 is 33.7. The molecule has 0 aliphatic carbocycles. The first-order valence-corrected chi connectivity index (χ1v) is 9.01. The molecular formula is C17H21F2IN2O3. The van der Waals surface area contributed by atoms with Gasteiger partial charge in [-0.25, -0.2) is 13.6 Å². The van der Waals surface area contributed by atoms with E-state index in [0.717, 1.165) is 6.07 Å². The van der Waals surface area contributed by atoms with Crippen LogP contribution in [-0.4, -0.2) is 53.1 Å². The van der Waals surface area contributed by atoms with Crippen LogP contribution < -0.4 is 0 Å². The molecule has 1 aliphatic rings. The fourth-order valence-electron chi connectivity index (χ4n) is 2.62. The molecule has 1 fully saturated rings. The van der Waals surface area contributed by atoms with Gasteiger partial charge in [0.2, 0.25) is 0 Å². The standard InChI is InChI=1S/C17H21F2IN2O3/c1-10-9-21(16(24)25-17(2,3)4)7-8-22(10)15(23)13-11(18)5-6-12(20)14(13)19/h5-6,10H,7-9H2,1-4H3/t10-/m0/s1. The second-order valence-corrected chi connectivity index (χ2v) is 8.15. The number of piperazine rings is 1. The highest BCUT2D eigenvalue weighted by atomic mass is 127. The summed E-state index contributed by atoms with van der Waals surface area (Å²) in [4.78, 5) is 27.6. The van der Waals surface area contributed by atoms with Crippen molar-refractivity contribution >= 4 is 34.6 Å². The molecule has 25 heavy (non-hydrogen) atoms. The molecule has 0 saturated carbocycles. The molecule has 1 aliphatic heterocycles. The van der Waals surface area contributed by atoms with Crippen LogP contribution in [0, 0.1) is 15.2 Å². The summed E-state index contributed by atoms with van der Waals surface area (Å²) in [6.45, 7) is 7.73. The lowest BCUT2D eigenvalue weighted by Gasteiger charge is -2.40. The highest BCUT2D eigenvalue weighted by molar-refractivity contribution is 14.1. The van der Waals surface area contributed by atoms with E-state index in [2.05, 4.69) is 0 Å². The van der Waals surface area contributed by atoms with Crippen LogP contribution in [0.4, 0.5) is 13.6 Å². The van der Waals surface area contributed by atoms with Crippen molar-refractivity contribution in [1.82, 2.24) is 9.80 Å². The minimum absolute atomic E-state index is 0.183. The first-order valence-electron chi connectivity index (χ1n) is 7.93. The number of halogens is 3. The average molecular weight is 466 g/mol. The highest BCUT2D eigenvalue weighted by Gasteiger charge is 2.34. The number of ether oxygens (including phenoxy) is 1. The van der Waals surface area contributed by atoms with Crippen LogP contribution in [0.1, 0.15) is 38.1 Å². The third-order valence-corrected chi connectivity index (χ3v) is 4.63. The molecule has 2 rings (SSSR count). The van der Waals surface area contributed by atoms with Gasteiger partial charge in [0.25, 0.3) is 5.91 Å². The van der Waals surface area contributed by atoms with Crippen molar-refractivity contribution < 1.29 is 23.1 Å². The summed E-state index contributed by atoms with van der Waals surface area (Å²) >= 11 is 1.72. The van der Waals surface area contributed by atoms with E-state index in [9.17, 15) is 18.4 Å². The number of carbonyl (C=O) groups is 2. The maximum atomic E-state index is 14.2. The van der Waals surface area contributed by atoms with Crippen LogP contribution in [0.5, 0.6) is 0 Å². The van der Waals surface area contributed by atoms with Crippen LogP contribution in [0.25, 0.3) is 0 Å². The second kappa shape index (κ2) is 7.43. The number of hydrogen-bond acceptors (Lipinski definition) is 3. The van der Waals surface area contributed by atoms with Gasteiger partial charge in [0.05, 0.1) is 0 Å². The molecule has 138 valence electrons. The predicted octanol–water partition coefficient (Wildman–Crippen LogP) is 3.65. The van der Waals surface area contributed by atoms with Crippen molar-refractivity contribution in [3.63, 3.8) is 0 Å². The smallest absolute Gasteiger partial charge is 0.410 e. The minimum Gasteiger partial charge on any atom is -0.444 e. The van der Waals surface area contributed by atoms with Gasteiger partial charge in [-0.15, -0.1) is 0 Å². The number of nitrogens with zero attached hydrogens (tertiary/aromatic N) is 2. The van der Waals surface area contributed by atoms with Gasteiger partial charge < -0.3 is 14.5 Å². The summed E-state index contributed by atoms with van der Waals surface area (Å²) in [5.74, 6) is -2.44. The molecule has 0 radical (unpaired) electrons. The quantitative estimate of drug-likeness (QED) is 0.469. The molecule has 2 amide bonds. The number of carbonyl (C=O) groups excluding carboxylic acids is 2. The van der Waals surface area contributed by atoms with E-state index >= 15 is 0 Å². The lowest BCUT2D eigenvalue weighted by atomic mass is 10.1. The molecule has 0 N–H and O–H groups in total. The minimum atomic E-state index is -0.885. The van der Waals surface area contributed by atoms with Gasteiger partial charge in [-0.3, -0.25) is 4.79 Å². The van der Waals surface area contributed by atoms with E-state index in [4.69, 9.17) is 4.74 Å². The normalized spacial score (nSPS) is 18.3. The maximum absolute atomic E-state index is 14.2. The molecule has 0 spiro atoms. The van der Waals surface area contributed by atoms with Crippen molar-refractivity contribution in [2.45, 2.75) is 39.3 Å². The lowest BCUT2D eigenvalue weighted by Crippen LogP contribution is -2.56. The summed E-state index contributed by atoms with van der Waals surface area (Å²) in [6, 6.07) is 1.98. The fraction of sp³-hybridized carbons (Fsp3) is 0.529. The molecule has 5 nitrogen and oxygen atoms in total. The Morgan fingerprint density at radius 2 is 1.88 bits per heavy atom. The Balaban J connectivity index is 2.13. The zero-order valence-electron chi connectivity index (χ0n) is 14.6. The maximum Gasteiger partial charge on any atom is 0.410 e. The van der Waals surface area contributed by atoms with Crippen molar-refractivity contribution in [3.8, 4) is 0 Å². The van der Waals surface area contributed by atoms with Crippen LogP contribution in [0.3, 0.4) is 0 Å². The molecule has 1 atom stereocenters. The van der Waals surface area contributed by atoms with Crippen LogP contribution >= 0.6 is 22.6 Å². The average Bonchev–Trinajstić information content (AvgIpc) is 2.49. The Morgan fingerprint density at radius 3 is 2.44 bits per heavy atom. The van der Waals surface area contributed by atoms with Crippen LogP contribution in [-0.2, 0) is 4.74 Å². The van der Waals surface area contributed by atoms with Crippen molar-refractivity contribution in [3.05, 3.63) is 32.9 Å². The highest BCUT2D eigenvalue weighted by Crippen LogP contribution is 2.23. The molecule has 1 heterocycles. The second-order valence-electron chi connectivity index (χ2n) is 6.99. The Labute approximate surface area is 159 Å². The van der Waals surface area contributed by atoms with Crippen molar-refractivity contribution in [1.29, 1.82) is 0 Å². The van der Waals surface area contributed by atoms with Gasteiger partial charge in [-0.05, 0) is 62.4 Å². The van der Waals surface area contributed by atoms with Gasteiger partial charge in [-0.2, -0.15) is 0 Å². The molecule has 8 heteroatoms. The fourth-order valence-corrected chi connectivity index (χ4v) is 3.07.